The van der Waals surface area contributed by atoms with Crippen molar-refractivity contribution in [3.05, 3.63) is 16.7 Å². The third kappa shape index (κ3) is 12.0. The van der Waals surface area contributed by atoms with E-state index >= 15 is 0 Å². The molecule has 0 saturated carbocycles. The maximum absolute atomic E-state index is 11.0. The number of fused-ring (bicyclic) bond motifs is 1. The molecule has 1 atom stereocenters. The average Bonchev–Trinajstić information content (AvgIpc) is 2.91. The van der Waals surface area contributed by atoms with Gasteiger partial charge in [0.05, 0.1) is 0 Å². The van der Waals surface area contributed by atoms with Crippen molar-refractivity contribution in [3.63, 3.8) is 0 Å². The van der Waals surface area contributed by atoms with E-state index in [2.05, 4.69) is 34.6 Å². The van der Waals surface area contributed by atoms with Crippen LogP contribution in [0, 0.1) is 13.8 Å². The Morgan fingerprint density at radius 2 is 1.16 bits per heavy atom. The first-order valence-corrected chi connectivity index (χ1v) is 19.4. The van der Waals surface area contributed by atoms with Crippen LogP contribution in [-0.2, 0) is 6.42 Å². The molecule has 1 aliphatic heterocycles. The predicted molar refractivity (Wildman–Crippen MR) is 169 cm³/mol. The molecule has 0 bridgehead atoms. The Labute approximate surface area is 247 Å². The van der Waals surface area contributed by atoms with Crippen molar-refractivity contribution in [2.45, 2.75) is 186 Å². The topological polar surface area (TPSA) is 29.5 Å². The average molecular weight is 642 g/mol. The molecule has 3 heteroatoms. The molecular formula is C35H62O2Te. The third-order valence-corrected chi connectivity index (χ3v) is 12.4. The van der Waals surface area contributed by atoms with Gasteiger partial charge in [0.25, 0.3) is 0 Å². The summed E-state index contributed by atoms with van der Waals surface area (Å²) >= 11 is -0.370. The van der Waals surface area contributed by atoms with Crippen molar-refractivity contribution in [2.24, 2.45) is 0 Å². The molecule has 0 aliphatic carbocycles. The third-order valence-electron chi connectivity index (χ3n) is 8.78. The number of aromatic hydroxyl groups is 1. The summed E-state index contributed by atoms with van der Waals surface area (Å²) < 4.78 is 9.37. The van der Waals surface area contributed by atoms with Gasteiger partial charge >= 0.3 is 190 Å². The molecule has 1 aliphatic rings. The van der Waals surface area contributed by atoms with Gasteiger partial charge in [0.2, 0.25) is 0 Å². The van der Waals surface area contributed by atoms with Crippen molar-refractivity contribution in [3.8, 4) is 11.5 Å². The second-order valence-corrected chi connectivity index (χ2v) is 15.6. The van der Waals surface area contributed by atoms with E-state index in [0.29, 0.717) is 5.75 Å². The number of hydrogen-bond donors (Lipinski definition) is 1. The summed E-state index contributed by atoms with van der Waals surface area (Å²) in [6.07, 6.45) is 29.7. The number of hydrogen-bond acceptors (Lipinski definition) is 2. The van der Waals surface area contributed by atoms with Crippen molar-refractivity contribution >= 4 is 24.5 Å². The van der Waals surface area contributed by atoms with E-state index in [0.717, 1.165) is 30.6 Å². The zero-order valence-electron chi connectivity index (χ0n) is 26.0. The van der Waals surface area contributed by atoms with Crippen LogP contribution in [0.3, 0.4) is 0 Å². The van der Waals surface area contributed by atoms with Crippen molar-refractivity contribution in [1.29, 1.82) is 0 Å². The normalized spacial score (nSPS) is 17.0. The number of rotatable bonds is 22. The van der Waals surface area contributed by atoms with Crippen LogP contribution >= 0.6 is 0 Å². The molecule has 0 radical (unpaired) electrons. The van der Waals surface area contributed by atoms with E-state index in [1.807, 2.05) is 0 Å². The van der Waals surface area contributed by atoms with Gasteiger partial charge in [0.1, 0.15) is 0 Å². The molecule has 1 aromatic carbocycles. The summed E-state index contributed by atoms with van der Waals surface area (Å²) in [5.41, 5.74) is 3.58. The van der Waals surface area contributed by atoms with Crippen molar-refractivity contribution < 1.29 is 9.84 Å². The van der Waals surface area contributed by atoms with E-state index < -0.39 is 0 Å². The first-order chi connectivity index (χ1) is 18.4. The first kappa shape index (κ1) is 33.8. The Bertz CT molecular complexity index is 774. The summed E-state index contributed by atoms with van der Waals surface area (Å²) in [7, 11) is 0. The van der Waals surface area contributed by atoms with Crippen LogP contribution < -0.4 is 8.35 Å². The van der Waals surface area contributed by atoms with Gasteiger partial charge < -0.3 is 0 Å². The Balaban J connectivity index is 1.68. The van der Waals surface area contributed by atoms with Gasteiger partial charge in [0, 0.05) is 0 Å². The number of phenols is 1. The van der Waals surface area contributed by atoms with E-state index in [-0.39, 0.29) is 26.5 Å². The summed E-state index contributed by atoms with van der Waals surface area (Å²) in [4.78, 5) is 0. The fourth-order valence-corrected chi connectivity index (χ4v) is 9.33. The van der Waals surface area contributed by atoms with Crippen LogP contribution in [0.15, 0.2) is 0 Å². The molecule has 0 aromatic heterocycles. The van der Waals surface area contributed by atoms with Gasteiger partial charge in [-0.15, -0.1) is 0 Å². The first-order valence-electron chi connectivity index (χ1n) is 16.6. The molecule has 2 rings (SSSR count). The number of benzene rings is 1. The number of phenolic OH excluding ortho intramolecular Hbond substituents is 1. The van der Waals surface area contributed by atoms with Crippen LogP contribution in [0.25, 0.3) is 0 Å². The molecule has 220 valence electrons. The summed E-state index contributed by atoms with van der Waals surface area (Å²) in [6, 6.07) is 0. The molecule has 1 aromatic rings. The van der Waals surface area contributed by atoms with Crippen molar-refractivity contribution in [2.75, 3.05) is 0 Å². The van der Waals surface area contributed by atoms with Gasteiger partial charge in [-0.2, -0.15) is 0 Å². The Kier molecular flexibility index (Phi) is 17.5. The molecule has 1 heterocycles. The summed E-state index contributed by atoms with van der Waals surface area (Å²) in [5.74, 6) is 1.72. The molecule has 38 heavy (non-hydrogen) atoms. The number of unbranched alkanes of at least 4 members (excludes halogenated alkanes) is 17. The van der Waals surface area contributed by atoms with Crippen LogP contribution in [0.2, 0.25) is 4.47 Å². The molecule has 1 N–H and O–H groups in total. The molecule has 2 nitrogen and oxygen atoms in total. The van der Waals surface area contributed by atoms with Gasteiger partial charge in [0.15, 0.2) is 0 Å². The van der Waals surface area contributed by atoms with Crippen LogP contribution in [-0.4, -0.2) is 31.6 Å². The van der Waals surface area contributed by atoms with Gasteiger partial charge in [-0.3, -0.25) is 0 Å². The van der Waals surface area contributed by atoms with Gasteiger partial charge in [-0.05, 0) is 0 Å². The SMILES string of the molecule is CCCCCCCCCCCCCCCC[C@]1(C)CCc2c(C)c(O)c([Te]CCCCCCC)c(C)c2O1. The van der Waals surface area contributed by atoms with Gasteiger partial charge in [-0.25, -0.2) is 0 Å². The van der Waals surface area contributed by atoms with Crippen LogP contribution in [0.5, 0.6) is 11.5 Å². The Hall–Kier alpha value is -0.390. The molecule has 0 saturated heterocycles. The minimum absolute atomic E-state index is 0.0454. The quantitative estimate of drug-likeness (QED) is 0.101. The van der Waals surface area contributed by atoms with Crippen LogP contribution in [0.4, 0.5) is 0 Å². The molecule has 0 spiro atoms. The molecular weight excluding hydrogens is 580 g/mol. The van der Waals surface area contributed by atoms with Crippen molar-refractivity contribution in [1.82, 2.24) is 0 Å². The zero-order chi connectivity index (χ0) is 27.6. The second kappa shape index (κ2) is 19.6. The summed E-state index contributed by atoms with van der Waals surface area (Å²) in [6.45, 7) is 11.2. The fraction of sp³-hybridized carbons (Fsp3) is 0.829. The van der Waals surface area contributed by atoms with Gasteiger partial charge in [-0.1, -0.05) is 58.3 Å². The second-order valence-electron chi connectivity index (χ2n) is 12.4. The molecule has 0 fully saturated rings. The Morgan fingerprint density at radius 1 is 0.684 bits per heavy atom. The maximum atomic E-state index is 11.0. The molecule has 0 amide bonds. The standard InChI is InChI=1S/C35H62O2Te/c1-6-8-10-12-13-14-15-16-17-18-19-20-21-23-26-35(5)27-25-31-29(3)32(36)34(30(4)33(31)37-35)38-28-24-22-11-9-7-2/h36H,6-28H2,1-5H3/t35-/m1/s1. The van der Waals surface area contributed by atoms with E-state index in [4.69, 9.17) is 4.74 Å². The molecule has 0 unspecified atom stereocenters. The Morgan fingerprint density at radius 3 is 1.68 bits per heavy atom. The van der Waals surface area contributed by atoms with E-state index in [9.17, 15) is 5.11 Å². The fourth-order valence-electron chi connectivity index (χ4n) is 6.04. The monoisotopic (exact) mass is 644 g/mol. The minimum atomic E-state index is -0.370. The number of ether oxygens (including phenoxy) is 1. The summed E-state index contributed by atoms with van der Waals surface area (Å²) in [5, 5.41) is 11.0. The predicted octanol–water partition coefficient (Wildman–Crippen LogP) is 10.7. The van der Waals surface area contributed by atoms with E-state index in [1.54, 1.807) is 0 Å². The van der Waals surface area contributed by atoms with E-state index in [1.165, 1.54) is 141 Å². The zero-order valence-corrected chi connectivity index (χ0v) is 28.4. The van der Waals surface area contributed by atoms with Crippen LogP contribution in [0.1, 0.15) is 172 Å².